The fourth-order valence-electron chi connectivity index (χ4n) is 1.60. The second kappa shape index (κ2) is 5.57. The highest BCUT2D eigenvalue weighted by atomic mass is 15.3. The zero-order valence-electron chi connectivity index (χ0n) is 11.0. The minimum absolute atomic E-state index is 0.252. The monoisotopic (exact) mass is 246 g/mol. The first-order chi connectivity index (χ1) is 8.72. The molecule has 0 bridgehead atoms. The van der Waals surface area contributed by atoms with E-state index >= 15 is 0 Å². The smallest absolute Gasteiger partial charge is 0.178 e. The van der Waals surface area contributed by atoms with Crippen LogP contribution < -0.4 is 5.32 Å². The van der Waals surface area contributed by atoms with Crippen LogP contribution in [0.25, 0.3) is 11.5 Å². The molecule has 0 aromatic carbocycles. The molecule has 0 aliphatic heterocycles. The molecule has 96 valence electrons. The molecule has 18 heavy (non-hydrogen) atoms. The van der Waals surface area contributed by atoms with Gasteiger partial charge in [0.15, 0.2) is 5.82 Å². The van der Waals surface area contributed by atoms with Gasteiger partial charge < -0.3 is 5.32 Å². The molecule has 0 spiro atoms. The highest BCUT2D eigenvalue weighted by molar-refractivity contribution is 5.49. The lowest BCUT2D eigenvalue weighted by molar-refractivity contribution is 0.536. The molecule has 0 saturated carbocycles. The van der Waals surface area contributed by atoms with E-state index in [9.17, 15) is 0 Å². The molecule has 0 saturated heterocycles. The number of nitrogens with zero attached hydrogens (tertiary/aromatic N) is 5. The van der Waals surface area contributed by atoms with E-state index in [1.807, 2.05) is 4.68 Å². The van der Waals surface area contributed by atoms with Gasteiger partial charge in [0.2, 0.25) is 0 Å². The molecular weight excluding hydrogens is 228 g/mol. The van der Waals surface area contributed by atoms with E-state index in [0.29, 0.717) is 0 Å². The zero-order valence-corrected chi connectivity index (χ0v) is 11.0. The van der Waals surface area contributed by atoms with Crippen LogP contribution in [0.1, 0.15) is 33.2 Å². The molecule has 0 unspecified atom stereocenters. The molecule has 2 aromatic rings. The van der Waals surface area contributed by atoms with Crippen LogP contribution in [0.15, 0.2) is 18.7 Å². The molecule has 0 atom stereocenters. The van der Waals surface area contributed by atoms with Gasteiger partial charge in [0.05, 0.1) is 12.4 Å². The van der Waals surface area contributed by atoms with Crippen molar-refractivity contribution in [1.82, 2.24) is 24.7 Å². The van der Waals surface area contributed by atoms with Gasteiger partial charge in [0, 0.05) is 12.6 Å². The fourth-order valence-corrected chi connectivity index (χ4v) is 1.60. The molecule has 0 aliphatic rings. The van der Waals surface area contributed by atoms with Crippen LogP contribution in [-0.4, -0.2) is 31.3 Å². The van der Waals surface area contributed by atoms with Crippen molar-refractivity contribution in [2.45, 2.75) is 33.2 Å². The predicted octanol–water partition coefficient (Wildman–Crippen LogP) is 2.14. The van der Waals surface area contributed by atoms with Crippen LogP contribution in [-0.2, 0) is 0 Å². The average molecular weight is 246 g/mol. The Hall–Kier alpha value is -1.98. The van der Waals surface area contributed by atoms with Crippen LogP contribution in [0.2, 0.25) is 0 Å². The molecule has 2 heterocycles. The van der Waals surface area contributed by atoms with Gasteiger partial charge in [-0.15, -0.1) is 0 Å². The normalized spacial score (nSPS) is 10.9. The molecule has 0 amide bonds. The minimum atomic E-state index is 0.252. The zero-order chi connectivity index (χ0) is 13.0. The molecule has 6 nitrogen and oxygen atoms in total. The molecule has 0 fully saturated rings. The summed E-state index contributed by atoms with van der Waals surface area (Å²) in [6, 6.07) is 0.252. The van der Waals surface area contributed by atoms with E-state index in [2.05, 4.69) is 46.1 Å². The first-order valence-corrected chi connectivity index (χ1v) is 6.18. The maximum absolute atomic E-state index is 4.37. The van der Waals surface area contributed by atoms with Crippen molar-refractivity contribution in [1.29, 1.82) is 0 Å². The van der Waals surface area contributed by atoms with Crippen LogP contribution in [0.4, 0.5) is 5.82 Å². The quantitative estimate of drug-likeness (QED) is 0.875. The Morgan fingerprint density at radius 2 is 2.06 bits per heavy atom. The van der Waals surface area contributed by atoms with E-state index in [1.54, 1.807) is 18.7 Å². The van der Waals surface area contributed by atoms with Gasteiger partial charge in [-0.3, -0.25) is 0 Å². The standard InChI is InChI=1S/C12H18N6/c1-4-5-13-11-7-14-10(6-15-11)12-16-8-17-18(12)9(2)3/h6-9H,4-5H2,1-3H3,(H,13,15). The van der Waals surface area contributed by atoms with E-state index in [1.165, 1.54) is 0 Å². The van der Waals surface area contributed by atoms with Crippen LogP contribution in [0, 0.1) is 0 Å². The van der Waals surface area contributed by atoms with Crippen molar-refractivity contribution in [3.8, 4) is 11.5 Å². The van der Waals surface area contributed by atoms with Crippen LogP contribution >= 0.6 is 0 Å². The molecule has 6 heteroatoms. The summed E-state index contributed by atoms with van der Waals surface area (Å²) in [6.07, 6.45) is 6.05. The number of aromatic nitrogens is 5. The minimum Gasteiger partial charge on any atom is -0.369 e. The SMILES string of the molecule is CCCNc1cnc(-c2ncnn2C(C)C)cn1. The lowest BCUT2D eigenvalue weighted by atomic mass is 10.3. The lowest BCUT2D eigenvalue weighted by Crippen LogP contribution is -2.07. The summed E-state index contributed by atoms with van der Waals surface area (Å²) in [7, 11) is 0. The second-order valence-electron chi connectivity index (χ2n) is 4.34. The summed E-state index contributed by atoms with van der Waals surface area (Å²) in [5.74, 6) is 1.54. The number of hydrogen-bond acceptors (Lipinski definition) is 5. The number of nitrogens with one attached hydrogen (secondary N) is 1. The summed E-state index contributed by atoms with van der Waals surface area (Å²) >= 11 is 0. The van der Waals surface area contributed by atoms with Crippen molar-refractivity contribution in [3.63, 3.8) is 0 Å². The Balaban J connectivity index is 2.21. The Bertz CT molecular complexity index is 488. The molecule has 2 rings (SSSR count). The van der Waals surface area contributed by atoms with Crippen molar-refractivity contribution in [3.05, 3.63) is 18.7 Å². The van der Waals surface area contributed by atoms with Crippen LogP contribution in [0.5, 0.6) is 0 Å². The Morgan fingerprint density at radius 3 is 2.67 bits per heavy atom. The molecule has 0 aliphatic carbocycles. The Kier molecular flexibility index (Phi) is 3.86. The van der Waals surface area contributed by atoms with Gasteiger partial charge >= 0.3 is 0 Å². The average Bonchev–Trinajstić information content (AvgIpc) is 2.86. The van der Waals surface area contributed by atoms with Gasteiger partial charge in [-0.05, 0) is 20.3 Å². The van der Waals surface area contributed by atoms with E-state index < -0.39 is 0 Å². The van der Waals surface area contributed by atoms with Gasteiger partial charge in [-0.25, -0.2) is 19.6 Å². The van der Waals surface area contributed by atoms with Gasteiger partial charge in [0.1, 0.15) is 17.8 Å². The largest absolute Gasteiger partial charge is 0.369 e. The van der Waals surface area contributed by atoms with Gasteiger partial charge in [0.25, 0.3) is 0 Å². The predicted molar refractivity (Wildman–Crippen MR) is 70.2 cm³/mol. The highest BCUT2D eigenvalue weighted by Gasteiger charge is 2.11. The summed E-state index contributed by atoms with van der Waals surface area (Å²) in [6.45, 7) is 7.13. The van der Waals surface area contributed by atoms with E-state index in [4.69, 9.17) is 0 Å². The van der Waals surface area contributed by atoms with Crippen molar-refractivity contribution in [2.75, 3.05) is 11.9 Å². The fraction of sp³-hybridized carbons (Fsp3) is 0.500. The Labute approximate surface area is 106 Å². The van der Waals surface area contributed by atoms with Crippen molar-refractivity contribution < 1.29 is 0 Å². The van der Waals surface area contributed by atoms with Crippen LogP contribution in [0.3, 0.4) is 0 Å². The summed E-state index contributed by atoms with van der Waals surface area (Å²) in [4.78, 5) is 12.9. The third kappa shape index (κ3) is 2.64. The van der Waals surface area contributed by atoms with Crippen molar-refractivity contribution >= 4 is 5.82 Å². The first-order valence-electron chi connectivity index (χ1n) is 6.18. The second-order valence-corrected chi connectivity index (χ2v) is 4.34. The number of hydrogen-bond donors (Lipinski definition) is 1. The topological polar surface area (TPSA) is 68.5 Å². The summed E-state index contributed by atoms with van der Waals surface area (Å²) in [5, 5.41) is 7.37. The third-order valence-electron chi connectivity index (χ3n) is 2.50. The molecule has 0 radical (unpaired) electrons. The van der Waals surface area contributed by atoms with Gasteiger partial charge in [-0.1, -0.05) is 6.92 Å². The summed E-state index contributed by atoms with van der Waals surface area (Å²) < 4.78 is 1.84. The lowest BCUT2D eigenvalue weighted by Gasteiger charge is -2.09. The van der Waals surface area contributed by atoms with E-state index in [0.717, 1.165) is 30.3 Å². The molecule has 1 N–H and O–H groups in total. The highest BCUT2D eigenvalue weighted by Crippen LogP contribution is 2.17. The molecule has 2 aromatic heterocycles. The third-order valence-corrected chi connectivity index (χ3v) is 2.50. The maximum Gasteiger partial charge on any atom is 0.178 e. The van der Waals surface area contributed by atoms with Crippen molar-refractivity contribution in [2.24, 2.45) is 0 Å². The molecular formula is C12H18N6. The van der Waals surface area contributed by atoms with Gasteiger partial charge in [-0.2, -0.15) is 5.10 Å². The first kappa shape index (κ1) is 12.5. The number of anilines is 1. The number of rotatable bonds is 5. The maximum atomic E-state index is 4.37. The Morgan fingerprint density at radius 1 is 1.22 bits per heavy atom. The van der Waals surface area contributed by atoms with E-state index in [-0.39, 0.29) is 6.04 Å². The summed E-state index contributed by atoms with van der Waals surface area (Å²) in [5.41, 5.74) is 0.739.